The van der Waals surface area contributed by atoms with E-state index in [0.29, 0.717) is 19.5 Å². The molecule has 3 nitrogen and oxygen atoms in total. The highest BCUT2D eigenvalue weighted by Gasteiger charge is 2.24. The molecule has 1 aliphatic rings. The summed E-state index contributed by atoms with van der Waals surface area (Å²) >= 11 is 1.66. The molecule has 0 unspecified atom stereocenters. The maximum atomic E-state index is 12.6. The van der Waals surface area contributed by atoms with Gasteiger partial charge in [0.05, 0.1) is 13.0 Å². The molecule has 0 N–H and O–H groups in total. The quantitative estimate of drug-likeness (QED) is 0.845. The minimum atomic E-state index is 0.133. The van der Waals surface area contributed by atoms with Crippen LogP contribution in [0.2, 0.25) is 0 Å². The molecule has 0 aromatic heterocycles. The first-order chi connectivity index (χ1) is 11.6. The summed E-state index contributed by atoms with van der Waals surface area (Å²) in [6.07, 6.45) is 0.436. The van der Waals surface area contributed by atoms with Gasteiger partial charge in [-0.1, -0.05) is 65.9 Å². The van der Waals surface area contributed by atoms with Gasteiger partial charge >= 0.3 is 0 Å². The largest absolute Gasteiger partial charge is 0.289 e. The molecule has 0 saturated heterocycles. The highest BCUT2D eigenvalue weighted by Crippen LogP contribution is 2.22. The van der Waals surface area contributed by atoms with Gasteiger partial charge in [-0.05, 0) is 30.5 Å². The van der Waals surface area contributed by atoms with Gasteiger partial charge in [0.2, 0.25) is 5.91 Å². The van der Waals surface area contributed by atoms with Crippen molar-refractivity contribution >= 4 is 22.8 Å². The molecule has 124 valence electrons. The molecule has 0 radical (unpaired) electrons. The first-order valence-electron chi connectivity index (χ1n) is 8.21. The summed E-state index contributed by atoms with van der Waals surface area (Å²) in [5.41, 5.74) is 4.82. The van der Waals surface area contributed by atoms with Crippen molar-refractivity contribution in [3.8, 4) is 0 Å². The van der Waals surface area contributed by atoms with Gasteiger partial charge in [0.1, 0.15) is 0 Å². The molecule has 0 fully saturated rings. The fraction of sp³-hybridized carbons (Fsp3) is 0.300. The van der Waals surface area contributed by atoms with Crippen molar-refractivity contribution < 1.29 is 4.79 Å². The van der Waals surface area contributed by atoms with Crippen LogP contribution in [-0.4, -0.2) is 29.1 Å². The molecule has 1 aliphatic heterocycles. The van der Waals surface area contributed by atoms with Crippen molar-refractivity contribution in [2.24, 2.45) is 4.99 Å². The Labute approximate surface area is 147 Å². The summed E-state index contributed by atoms with van der Waals surface area (Å²) in [6, 6.07) is 16.5. The van der Waals surface area contributed by atoms with Crippen LogP contribution in [0.25, 0.3) is 0 Å². The monoisotopic (exact) mass is 338 g/mol. The predicted octanol–water partition coefficient (Wildman–Crippen LogP) is 3.98. The molecule has 2 aromatic rings. The molecule has 1 amide bonds. The Balaban J connectivity index is 1.62. The molecule has 2 aromatic carbocycles. The fourth-order valence-electron chi connectivity index (χ4n) is 2.79. The van der Waals surface area contributed by atoms with Crippen LogP contribution in [0.1, 0.15) is 22.3 Å². The first-order valence-corrected chi connectivity index (χ1v) is 9.20. The lowest BCUT2D eigenvalue weighted by Crippen LogP contribution is -2.34. The molecular formula is C20H22N2OS. The third-order valence-corrected chi connectivity index (χ3v) is 5.22. The zero-order chi connectivity index (χ0) is 16.9. The summed E-state index contributed by atoms with van der Waals surface area (Å²) in [5.74, 6) is 0.980. The standard InChI is InChI=1S/C20H22N2OS/c1-15-6-5-8-17(12-15)13-19(23)22-11-10-21-20(22)24-14-18-9-4-3-7-16(18)2/h3-9,12H,10-11,13-14H2,1-2H3. The minimum Gasteiger partial charge on any atom is -0.289 e. The number of hydrogen-bond acceptors (Lipinski definition) is 3. The third kappa shape index (κ3) is 4.06. The van der Waals surface area contributed by atoms with Crippen molar-refractivity contribution in [2.75, 3.05) is 13.1 Å². The normalized spacial score (nSPS) is 13.9. The van der Waals surface area contributed by atoms with E-state index < -0.39 is 0 Å². The van der Waals surface area contributed by atoms with E-state index in [0.717, 1.165) is 16.5 Å². The van der Waals surface area contributed by atoms with E-state index in [2.05, 4.69) is 49.2 Å². The van der Waals surface area contributed by atoms with Crippen LogP contribution in [-0.2, 0) is 17.0 Å². The van der Waals surface area contributed by atoms with Crippen LogP contribution < -0.4 is 0 Å². The zero-order valence-electron chi connectivity index (χ0n) is 14.2. The van der Waals surface area contributed by atoms with Crippen molar-refractivity contribution in [1.82, 2.24) is 4.90 Å². The predicted molar refractivity (Wildman–Crippen MR) is 101 cm³/mol. The van der Waals surface area contributed by atoms with E-state index in [4.69, 9.17) is 0 Å². The topological polar surface area (TPSA) is 32.7 Å². The number of carbonyl (C=O) groups is 1. The van der Waals surface area contributed by atoms with Gasteiger partial charge in [0.15, 0.2) is 5.17 Å². The molecule has 24 heavy (non-hydrogen) atoms. The van der Waals surface area contributed by atoms with Crippen LogP contribution >= 0.6 is 11.8 Å². The van der Waals surface area contributed by atoms with Gasteiger partial charge in [-0.25, -0.2) is 0 Å². The second-order valence-corrected chi connectivity index (χ2v) is 7.03. The summed E-state index contributed by atoms with van der Waals surface area (Å²) in [4.78, 5) is 19.0. The van der Waals surface area contributed by atoms with Gasteiger partial charge in [-0.2, -0.15) is 0 Å². The Morgan fingerprint density at radius 3 is 2.79 bits per heavy atom. The molecule has 3 rings (SSSR count). The van der Waals surface area contributed by atoms with Gasteiger partial charge in [-0.3, -0.25) is 14.7 Å². The summed E-state index contributed by atoms with van der Waals surface area (Å²) in [6.45, 7) is 5.57. The molecule has 4 heteroatoms. The van der Waals surface area contributed by atoms with Gasteiger partial charge < -0.3 is 0 Å². The van der Waals surface area contributed by atoms with Gasteiger partial charge in [0, 0.05) is 12.3 Å². The summed E-state index contributed by atoms with van der Waals surface area (Å²) < 4.78 is 0. The van der Waals surface area contributed by atoms with Crippen molar-refractivity contribution in [3.05, 3.63) is 70.8 Å². The van der Waals surface area contributed by atoms with Crippen molar-refractivity contribution in [3.63, 3.8) is 0 Å². The van der Waals surface area contributed by atoms with Gasteiger partial charge in [-0.15, -0.1) is 0 Å². The number of rotatable bonds is 4. The number of nitrogens with zero attached hydrogens (tertiary/aromatic N) is 2. The minimum absolute atomic E-state index is 0.133. The smallest absolute Gasteiger partial charge is 0.233 e. The lowest BCUT2D eigenvalue weighted by atomic mass is 10.1. The average molecular weight is 338 g/mol. The summed E-state index contributed by atoms with van der Waals surface area (Å²) in [7, 11) is 0. The number of thioether (sulfide) groups is 1. The number of hydrogen-bond donors (Lipinski definition) is 0. The number of benzene rings is 2. The maximum absolute atomic E-state index is 12.6. The second kappa shape index (κ2) is 7.67. The van der Waals surface area contributed by atoms with Crippen LogP contribution in [0, 0.1) is 13.8 Å². The highest BCUT2D eigenvalue weighted by molar-refractivity contribution is 8.13. The molecule has 0 saturated carbocycles. The molecular weight excluding hydrogens is 316 g/mol. The average Bonchev–Trinajstić information content (AvgIpc) is 3.03. The molecule has 0 spiro atoms. The Morgan fingerprint density at radius 1 is 1.17 bits per heavy atom. The van der Waals surface area contributed by atoms with Gasteiger partial charge in [0.25, 0.3) is 0 Å². The number of aliphatic imine (C=N–C) groups is 1. The Bertz CT molecular complexity index is 770. The molecule has 0 bridgehead atoms. The first kappa shape index (κ1) is 16.8. The molecule has 1 heterocycles. The Hall–Kier alpha value is -2.07. The van der Waals surface area contributed by atoms with Crippen LogP contribution in [0.15, 0.2) is 53.5 Å². The number of amides is 1. The van der Waals surface area contributed by atoms with E-state index in [1.165, 1.54) is 16.7 Å². The van der Waals surface area contributed by atoms with E-state index in [1.807, 2.05) is 23.1 Å². The second-order valence-electron chi connectivity index (χ2n) is 6.09. The van der Waals surface area contributed by atoms with Crippen molar-refractivity contribution in [2.45, 2.75) is 26.0 Å². The lowest BCUT2D eigenvalue weighted by molar-refractivity contribution is -0.126. The SMILES string of the molecule is Cc1cccc(CC(=O)N2CCN=C2SCc2ccccc2C)c1. The van der Waals surface area contributed by atoms with E-state index in [1.54, 1.807) is 11.8 Å². The zero-order valence-corrected chi connectivity index (χ0v) is 15.0. The Kier molecular flexibility index (Phi) is 5.36. The van der Waals surface area contributed by atoms with Crippen LogP contribution in [0.3, 0.4) is 0 Å². The molecule has 0 atom stereocenters. The number of amidine groups is 1. The van der Waals surface area contributed by atoms with Crippen LogP contribution in [0.5, 0.6) is 0 Å². The fourth-order valence-corrected chi connectivity index (χ4v) is 3.93. The Morgan fingerprint density at radius 2 is 2.00 bits per heavy atom. The van der Waals surface area contributed by atoms with E-state index >= 15 is 0 Å². The number of aryl methyl sites for hydroxylation is 2. The maximum Gasteiger partial charge on any atom is 0.233 e. The summed E-state index contributed by atoms with van der Waals surface area (Å²) in [5, 5.41) is 0.857. The lowest BCUT2D eigenvalue weighted by Gasteiger charge is -2.18. The van der Waals surface area contributed by atoms with E-state index in [-0.39, 0.29) is 5.91 Å². The van der Waals surface area contributed by atoms with E-state index in [9.17, 15) is 4.79 Å². The van der Waals surface area contributed by atoms with Crippen molar-refractivity contribution in [1.29, 1.82) is 0 Å². The third-order valence-electron chi connectivity index (χ3n) is 4.16. The highest BCUT2D eigenvalue weighted by atomic mass is 32.2. The molecule has 0 aliphatic carbocycles. The number of carbonyl (C=O) groups excluding carboxylic acids is 1. The van der Waals surface area contributed by atoms with Crippen LogP contribution in [0.4, 0.5) is 0 Å².